The van der Waals surface area contributed by atoms with Gasteiger partial charge in [0, 0.05) is 18.5 Å². The minimum atomic E-state index is -1.01. The van der Waals surface area contributed by atoms with Gasteiger partial charge < -0.3 is 24.1 Å². The van der Waals surface area contributed by atoms with Crippen LogP contribution in [-0.2, 0) is 36.8 Å². The molecule has 57 heavy (non-hydrogen) atoms. The van der Waals surface area contributed by atoms with Gasteiger partial charge in [-0.05, 0) is 113 Å². The van der Waals surface area contributed by atoms with Crippen LogP contribution in [0.1, 0.15) is 70.4 Å². The van der Waals surface area contributed by atoms with Crippen LogP contribution in [0.15, 0.2) is 96.5 Å². The molecule has 3 aromatic rings. The quantitative estimate of drug-likeness (QED) is 0.202. The summed E-state index contributed by atoms with van der Waals surface area (Å²) < 4.78 is 25.9. The molecule has 0 radical (unpaired) electrons. The summed E-state index contributed by atoms with van der Waals surface area (Å²) in [6.07, 6.45) is 7.39. The van der Waals surface area contributed by atoms with Gasteiger partial charge in [-0.25, -0.2) is 9.69 Å². The molecule has 2 saturated heterocycles. The van der Waals surface area contributed by atoms with E-state index in [1.54, 1.807) is 57.2 Å². The lowest BCUT2D eigenvalue weighted by atomic mass is 9.44. The number of rotatable bonds is 10. The van der Waals surface area contributed by atoms with Crippen LogP contribution in [-0.4, -0.2) is 64.6 Å². The Hall–Kier alpha value is -4.02. The molecule has 5 unspecified atom stereocenters. The van der Waals surface area contributed by atoms with Crippen LogP contribution in [0.2, 0.25) is 10.0 Å². The average Bonchev–Trinajstić information content (AvgIpc) is 3.92. The Morgan fingerprint density at radius 3 is 2.44 bits per heavy atom. The van der Waals surface area contributed by atoms with Crippen molar-refractivity contribution in [3.63, 3.8) is 0 Å². The second-order valence-corrected chi connectivity index (χ2v) is 18.5. The Morgan fingerprint density at radius 2 is 1.70 bits per heavy atom. The minimum Gasteiger partial charge on any atom is -0.486 e. The number of piperidine rings is 1. The van der Waals surface area contributed by atoms with Crippen molar-refractivity contribution in [2.75, 3.05) is 18.0 Å². The van der Waals surface area contributed by atoms with E-state index in [0.29, 0.717) is 42.4 Å². The van der Waals surface area contributed by atoms with E-state index < -0.39 is 40.9 Å². The van der Waals surface area contributed by atoms with Gasteiger partial charge in [-0.2, -0.15) is 0 Å². The molecule has 9 nitrogen and oxygen atoms in total. The third kappa shape index (κ3) is 6.82. The maximum absolute atomic E-state index is 14.3. The smallest absolute Gasteiger partial charge is 0.419 e. The summed E-state index contributed by atoms with van der Waals surface area (Å²) in [6, 6.07) is 22.2. The largest absolute Gasteiger partial charge is 0.486 e. The Labute approximate surface area is 344 Å². The molecule has 1 amide bonds. The first-order valence-corrected chi connectivity index (χ1v) is 21.1. The molecule has 2 aliphatic heterocycles. The predicted octanol–water partition coefficient (Wildman–Crippen LogP) is 9.55. The van der Waals surface area contributed by atoms with Gasteiger partial charge in [0.1, 0.15) is 30.2 Å². The highest BCUT2D eigenvalue weighted by Crippen LogP contribution is 2.70. The molecule has 300 valence electrons. The van der Waals surface area contributed by atoms with Crippen LogP contribution in [0.3, 0.4) is 0 Å². The Morgan fingerprint density at radius 1 is 0.965 bits per heavy atom. The lowest BCUT2D eigenvalue weighted by Gasteiger charge is -2.66. The fourth-order valence-corrected chi connectivity index (χ4v) is 11.1. The van der Waals surface area contributed by atoms with Crippen LogP contribution >= 0.6 is 23.2 Å². The fourth-order valence-electron chi connectivity index (χ4n) is 10.6. The second kappa shape index (κ2) is 14.7. The zero-order valence-corrected chi connectivity index (χ0v) is 34.2. The molecule has 6 aliphatic rings. The number of halogens is 2. The zero-order valence-electron chi connectivity index (χ0n) is 32.7. The number of amides is 1. The first kappa shape index (κ1) is 38.5. The lowest BCUT2D eigenvalue weighted by molar-refractivity contribution is -0.270. The number of esters is 1. The normalized spacial score (nSPS) is 30.0. The summed E-state index contributed by atoms with van der Waals surface area (Å²) in [7, 11) is 0. The summed E-state index contributed by atoms with van der Waals surface area (Å²) in [5, 5.41) is 13.6. The van der Waals surface area contributed by atoms with Crippen LogP contribution < -0.4 is 4.90 Å². The molecular formula is C46H50Cl2N2O7. The van der Waals surface area contributed by atoms with Crippen LogP contribution in [0.4, 0.5) is 16.2 Å². The summed E-state index contributed by atoms with van der Waals surface area (Å²) in [5.74, 6) is 1.76. The summed E-state index contributed by atoms with van der Waals surface area (Å²) >= 11 is 13.4. The standard InChI is InChI=1S/C46H50Cl2N2O7/c1-44(2,3)57-43(52)50(40-32(47)13-9-14-33(40)48)34-15-8-7-12-30(34)25-38(51)55-36-20-21-46(53)37-24-31-18-19-35(54-27-29-10-5-4-6-11-29)41-39(31)45(46,42(36)56-41)22-23-49(37)26-28-16-17-28/h4-15,18-19,28,31,36-37,39,42,53H,16-17,20-27H2,1-3H3/t31?,36-,37?,39?,42?,45?,46-/m1/s1. The SMILES string of the molecule is CC(C)(C)OC(=O)N(c1ccccc1CC(=O)O[C@@H]1CC[C@@]2(O)C3CC4C=CC(OCc5ccccc5)=C5OC1C2(CCN3CC1CC1)C54)c1c(Cl)cccc1Cl. The number of allylic oxidation sites excluding steroid dienone is 3. The summed E-state index contributed by atoms with van der Waals surface area (Å²) in [6.45, 7) is 7.62. The summed E-state index contributed by atoms with van der Waals surface area (Å²) in [4.78, 5) is 32.0. The number of hydrogen-bond acceptors (Lipinski definition) is 8. The van der Waals surface area contributed by atoms with Crippen molar-refractivity contribution in [1.82, 2.24) is 4.90 Å². The van der Waals surface area contributed by atoms with Gasteiger partial charge in [0.15, 0.2) is 5.76 Å². The number of carbonyl (C=O) groups excluding carboxylic acids is 2. The van der Waals surface area contributed by atoms with Crippen LogP contribution in [0.25, 0.3) is 0 Å². The second-order valence-electron chi connectivity index (χ2n) is 17.7. The third-order valence-electron chi connectivity index (χ3n) is 13.0. The van der Waals surface area contributed by atoms with E-state index in [4.69, 9.17) is 42.1 Å². The average molecular weight is 814 g/mol. The molecule has 1 spiro atoms. The molecule has 4 aliphatic carbocycles. The first-order valence-electron chi connectivity index (χ1n) is 20.3. The molecule has 2 bridgehead atoms. The molecule has 3 saturated carbocycles. The summed E-state index contributed by atoms with van der Waals surface area (Å²) in [5.41, 5.74) is -0.247. The Bertz CT molecular complexity index is 2090. The minimum absolute atomic E-state index is 0.00557. The number of nitrogens with zero attached hydrogens (tertiary/aromatic N) is 2. The van der Waals surface area contributed by atoms with Crippen LogP contribution in [0, 0.1) is 23.2 Å². The Balaban J connectivity index is 1.03. The molecule has 11 heteroatoms. The number of ether oxygens (including phenoxy) is 4. The van der Waals surface area contributed by atoms with Gasteiger partial charge >= 0.3 is 12.1 Å². The molecule has 3 aromatic carbocycles. The van der Waals surface area contributed by atoms with Crippen molar-refractivity contribution in [1.29, 1.82) is 0 Å². The highest BCUT2D eigenvalue weighted by Gasteiger charge is 2.77. The van der Waals surface area contributed by atoms with Crippen molar-refractivity contribution < 1.29 is 33.6 Å². The van der Waals surface area contributed by atoms with Gasteiger partial charge in [-0.1, -0.05) is 83.9 Å². The van der Waals surface area contributed by atoms with Crippen molar-refractivity contribution in [2.24, 2.45) is 23.2 Å². The van der Waals surface area contributed by atoms with E-state index in [9.17, 15) is 14.7 Å². The van der Waals surface area contributed by atoms with Crippen molar-refractivity contribution in [2.45, 2.75) is 102 Å². The first-order chi connectivity index (χ1) is 27.4. The number of carbonyl (C=O) groups is 2. The topological polar surface area (TPSA) is 97.8 Å². The maximum Gasteiger partial charge on any atom is 0.419 e. The van der Waals surface area contributed by atoms with E-state index in [1.165, 1.54) is 17.7 Å². The molecule has 7 atom stereocenters. The number of aliphatic hydroxyl groups is 1. The molecule has 5 fully saturated rings. The molecule has 1 N–H and O–H groups in total. The highest BCUT2D eigenvalue weighted by molar-refractivity contribution is 6.40. The van der Waals surface area contributed by atoms with Gasteiger partial charge in [0.2, 0.25) is 0 Å². The molecular weight excluding hydrogens is 763 g/mol. The van der Waals surface area contributed by atoms with Gasteiger partial charge in [-0.3, -0.25) is 9.69 Å². The number of anilines is 2. The van der Waals surface area contributed by atoms with E-state index in [2.05, 4.69) is 17.1 Å². The number of likely N-dealkylation sites (tertiary alicyclic amines) is 1. The van der Waals surface area contributed by atoms with E-state index in [1.807, 2.05) is 36.4 Å². The monoisotopic (exact) mass is 812 g/mol. The number of benzene rings is 3. The van der Waals surface area contributed by atoms with Crippen molar-refractivity contribution in [3.05, 3.63) is 118 Å². The number of para-hydroxylation sites is 2. The van der Waals surface area contributed by atoms with Gasteiger partial charge in [-0.15, -0.1) is 0 Å². The molecule has 0 aromatic heterocycles. The zero-order chi connectivity index (χ0) is 39.7. The lowest BCUT2D eigenvalue weighted by Crippen LogP contribution is -2.77. The predicted molar refractivity (Wildman–Crippen MR) is 218 cm³/mol. The molecule has 2 heterocycles. The number of hydrogen-bond donors (Lipinski definition) is 1. The van der Waals surface area contributed by atoms with Crippen molar-refractivity contribution >= 4 is 46.6 Å². The highest BCUT2D eigenvalue weighted by atomic mass is 35.5. The molecule has 9 rings (SSSR count). The van der Waals surface area contributed by atoms with Gasteiger partial charge in [0.05, 0.1) is 38.9 Å². The third-order valence-corrected chi connectivity index (χ3v) is 13.6. The maximum atomic E-state index is 14.3. The van der Waals surface area contributed by atoms with E-state index in [-0.39, 0.29) is 40.0 Å². The van der Waals surface area contributed by atoms with Crippen molar-refractivity contribution in [3.8, 4) is 0 Å². The van der Waals surface area contributed by atoms with Crippen LogP contribution in [0.5, 0.6) is 0 Å². The van der Waals surface area contributed by atoms with Gasteiger partial charge in [0.25, 0.3) is 0 Å². The van der Waals surface area contributed by atoms with E-state index >= 15 is 0 Å². The van der Waals surface area contributed by atoms with E-state index in [0.717, 1.165) is 37.3 Å². The Kier molecular flexibility index (Phi) is 9.90. The fraction of sp³-hybridized carbons (Fsp3) is 0.478.